The summed E-state index contributed by atoms with van der Waals surface area (Å²) in [7, 11) is 0. The van der Waals surface area contributed by atoms with Crippen molar-refractivity contribution in [2.45, 2.75) is 127 Å². The van der Waals surface area contributed by atoms with Crippen LogP contribution in [0.3, 0.4) is 0 Å². The van der Waals surface area contributed by atoms with Gasteiger partial charge in [-0.25, -0.2) is 0 Å². The van der Waals surface area contributed by atoms with E-state index in [0.29, 0.717) is 26.4 Å². The summed E-state index contributed by atoms with van der Waals surface area (Å²) in [5.74, 6) is -2.30. The molecule has 6 rings (SSSR count). The highest BCUT2D eigenvalue weighted by atomic mass is 16.8. The van der Waals surface area contributed by atoms with E-state index in [-0.39, 0.29) is 22.4 Å². The second-order valence-electron chi connectivity index (χ2n) is 12.8. The van der Waals surface area contributed by atoms with Crippen molar-refractivity contribution in [2.24, 2.45) is 0 Å². The predicted molar refractivity (Wildman–Crippen MR) is 132 cm³/mol. The zero-order chi connectivity index (χ0) is 26.1. The van der Waals surface area contributed by atoms with Crippen molar-refractivity contribution in [1.82, 2.24) is 0 Å². The summed E-state index contributed by atoms with van der Waals surface area (Å²) in [6, 6.07) is 0. The molecule has 0 radical (unpaired) electrons. The Morgan fingerprint density at radius 2 is 0.583 bits per heavy atom. The lowest BCUT2D eigenvalue weighted by Crippen LogP contribution is -2.41. The average Bonchev–Trinajstić information content (AvgIpc) is 3.49. The zero-order valence-corrected chi connectivity index (χ0v) is 23.2. The third-order valence-corrected chi connectivity index (χ3v) is 8.99. The van der Waals surface area contributed by atoms with Gasteiger partial charge in [0.1, 0.15) is 0 Å². The average molecular weight is 509 g/mol. The molecule has 0 aromatic rings. The van der Waals surface area contributed by atoms with Gasteiger partial charge in [0.15, 0.2) is 23.1 Å². The predicted octanol–water partition coefficient (Wildman–Crippen LogP) is 4.76. The van der Waals surface area contributed by atoms with Crippen LogP contribution < -0.4 is 0 Å². The fourth-order valence-electron chi connectivity index (χ4n) is 5.56. The Morgan fingerprint density at radius 1 is 0.361 bits per heavy atom. The summed E-state index contributed by atoms with van der Waals surface area (Å²) in [5, 5.41) is 0. The van der Waals surface area contributed by atoms with Crippen LogP contribution in [0.1, 0.15) is 81.1 Å². The van der Waals surface area contributed by atoms with Gasteiger partial charge < -0.3 is 37.9 Å². The molecule has 4 aliphatic heterocycles. The van der Waals surface area contributed by atoms with Gasteiger partial charge in [0.05, 0.1) is 48.8 Å². The van der Waals surface area contributed by atoms with E-state index in [1.54, 1.807) is 0 Å². The van der Waals surface area contributed by atoms with E-state index in [1.807, 2.05) is 24.3 Å². The monoisotopic (exact) mass is 508 g/mol. The van der Waals surface area contributed by atoms with Gasteiger partial charge in [-0.05, 0) is 79.7 Å². The van der Waals surface area contributed by atoms with Crippen molar-refractivity contribution >= 4 is 0 Å². The van der Waals surface area contributed by atoms with Crippen LogP contribution in [0.4, 0.5) is 0 Å². The molecule has 0 unspecified atom stereocenters. The first kappa shape index (κ1) is 26.8. The molecule has 4 fully saturated rings. The molecule has 0 saturated carbocycles. The summed E-state index contributed by atoms with van der Waals surface area (Å²) >= 11 is 0. The number of hydrogen-bond acceptors (Lipinski definition) is 8. The second-order valence-corrected chi connectivity index (χ2v) is 12.8. The lowest BCUT2D eigenvalue weighted by atomic mass is 9.90. The van der Waals surface area contributed by atoms with Gasteiger partial charge in [0.25, 0.3) is 0 Å². The van der Waals surface area contributed by atoms with E-state index >= 15 is 0 Å². The van der Waals surface area contributed by atoms with Crippen LogP contribution in [0.2, 0.25) is 0 Å². The van der Waals surface area contributed by atoms with Crippen LogP contribution in [0, 0.1) is 0 Å². The molecule has 0 bridgehead atoms. The summed E-state index contributed by atoms with van der Waals surface area (Å²) < 4.78 is 47.4. The van der Waals surface area contributed by atoms with Gasteiger partial charge in [0, 0.05) is 25.7 Å². The molecule has 0 N–H and O–H groups in total. The lowest BCUT2D eigenvalue weighted by Gasteiger charge is -2.36. The van der Waals surface area contributed by atoms with E-state index < -0.39 is 23.1 Å². The van der Waals surface area contributed by atoms with Gasteiger partial charge in [-0.2, -0.15) is 0 Å². The van der Waals surface area contributed by atoms with E-state index in [2.05, 4.69) is 55.4 Å². The molecule has 0 aromatic heterocycles. The Labute approximate surface area is 215 Å². The normalized spacial score (nSPS) is 34.4. The molecule has 4 heterocycles. The minimum atomic E-state index is -0.665. The third kappa shape index (κ3) is 4.51. The van der Waals surface area contributed by atoms with Crippen LogP contribution in [0.5, 0.6) is 0 Å². The summed E-state index contributed by atoms with van der Waals surface area (Å²) in [6.07, 6.45) is 10.9. The van der Waals surface area contributed by atoms with Crippen LogP contribution in [0.15, 0.2) is 24.3 Å². The molecule has 0 aromatic carbocycles. The van der Waals surface area contributed by atoms with Crippen molar-refractivity contribution in [2.75, 3.05) is 26.4 Å². The molecule has 2 aliphatic carbocycles. The molecule has 8 nitrogen and oxygen atoms in total. The minimum absolute atomic E-state index is 0.336. The quantitative estimate of drug-likeness (QED) is 0.434. The molecular weight excluding hydrogens is 464 g/mol. The maximum atomic E-state index is 6.28. The fraction of sp³-hybridized carbons (Fsp3) is 0.857. The molecule has 0 amide bonds. The third-order valence-electron chi connectivity index (χ3n) is 8.99. The van der Waals surface area contributed by atoms with E-state index in [9.17, 15) is 0 Å². The van der Waals surface area contributed by atoms with Crippen molar-refractivity contribution in [3.05, 3.63) is 24.3 Å². The highest BCUT2D eigenvalue weighted by molar-refractivity contribution is 5.18. The van der Waals surface area contributed by atoms with Crippen LogP contribution >= 0.6 is 0 Å². The van der Waals surface area contributed by atoms with E-state index in [1.165, 1.54) is 0 Å². The molecule has 0 atom stereocenters. The highest BCUT2D eigenvalue weighted by Gasteiger charge is 2.62. The van der Waals surface area contributed by atoms with E-state index in [0.717, 1.165) is 25.7 Å². The maximum absolute atomic E-state index is 6.28. The standard InChI is InChI=1S/C18H30O4.C10H14O4/c1-13(2)14(3,4)20-17(19-13)9-11-18(12-10-17)21-15(5,6)16(7,8)22-18;1-2-10(13-7-8-14-10)4-3-9(1)11-5-6-12-9/h9,11H,10,12H2,1-8H3;1-2H,3-8H2. The van der Waals surface area contributed by atoms with Crippen molar-refractivity contribution < 1.29 is 37.9 Å². The number of rotatable bonds is 0. The Hall–Kier alpha value is -0.840. The zero-order valence-electron chi connectivity index (χ0n) is 23.2. The molecule has 4 spiro atoms. The lowest BCUT2D eigenvalue weighted by molar-refractivity contribution is -0.211. The first-order valence-electron chi connectivity index (χ1n) is 13.3. The van der Waals surface area contributed by atoms with Gasteiger partial charge >= 0.3 is 0 Å². The Kier molecular flexibility index (Phi) is 6.19. The topological polar surface area (TPSA) is 73.8 Å². The van der Waals surface area contributed by atoms with Crippen molar-refractivity contribution in [3.8, 4) is 0 Å². The second kappa shape index (κ2) is 8.33. The van der Waals surface area contributed by atoms with Crippen LogP contribution in [0.25, 0.3) is 0 Å². The van der Waals surface area contributed by atoms with Gasteiger partial charge in [-0.1, -0.05) is 0 Å². The largest absolute Gasteiger partial charge is 0.344 e. The summed E-state index contributed by atoms with van der Waals surface area (Å²) in [5.41, 5.74) is -1.34. The van der Waals surface area contributed by atoms with Crippen LogP contribution in [-0.4, -0.2) is 72.0 Å². The summed E-state index contributed by atoms with van der Waals surface area (Å²) in [6.45, 7) is 19.3. The first-order chi connectivity index (χ1) is 16.6. The molecule has 204 valence electrons. The minimum Gasteiger partial charge on any atom is -0.344 e. The Morgan fingerprint density at radius 3 is 0.806 bits per heavy atom. The molecule has 36 heavy (non-hydrogen) atoms. The van der Waals surface area contributed by atoms with Crippen LogP contribution in [-0.2, 0) is 37.9 Å². The fourth-order valence-corrected chi connectivity index (χ4v) is 5.56. The molecular formula is C28H44O8. The molecule has 4 saturated heterocycles. The Balaban J connectivity index is 0.000000163. The summed E-state index contributed by atoms with van der Waals surface area (Å²) in [4.78, 5) is 0. The van der Waals surface area contributed by atoms with E-state index in [4.69, 9.17) is 37.9 Å². The van der Waals surface area contributed by atoms with Gasteiger partial charge in [0.2, 0.25) is 0 Å². The smallest absolute Gasteiger partial charge is 0.189 e. The van der Waals surface area contributed by atoms with Gasteiger partial charge in [-0.3, -0.25) is 0 Å². The maximum Gasteiger partial charge on any atom is 0.189 e. The van der Waals surface area contributed by atoms with Crippen molar-refractivity contribution in [3.63, 3.8) is 0 Å². The Bertz CT molecular complexity index is 799. The first-order valence-corrected chi connectivity index (χ1v) is 13.3. The SMILES string of the molecule is C1=CC2(CCC13OCCO3)OCCO2.CC1(C)OC2(C=CC3(CC2)OC(C)(C)C(C)(C)O3)OC1(C)C. The van der Waals surface area contributed by atoms with Gasteiger partial charge in [-0.15, -0.1) is 0 Å². The highest BCUT2D eigenvalue weighted by Crippen LogP contribution is 2.53. The van der Waals surface area contributed by atoms with Crippen molar-refractivity contribution in [1.29, 1.82) is 0 Å². The molecule has 6 aliphatic rings. The number of ether oxygens (including phenoxy) is 8. The number of hydrogen-bond donors (Lipinski definition) is 0. The molecule has 8 heteroatoms.